The van der Waals surface area contributed by atoms with Crippen LogP contribution in [0.25, 0.3) is 0 Å². The van der Waals surface area contributed by atoms with Crippen LogP contribution < -0.4 is 9.47 Å². The van der Waals surface area contributed by atoms with Crippen molar-refractivity contribution in [3.8, 4) is 11.5 Å². The summed E-state index contributed by atoms with van der Waals surface area (Å²) in [6.45, 7) is 0. The van der Waals surface area contributed by atoms with Crippen LogP contribution in [-0.4, -0.2) is 19.3 Å². The van der Waals surface area contributed by atoms with E-state index in [0.717, 1.165) is 6.07 Å². The highest BCUT2D eigenvalue weighted by atomic mass is 79.9. The van der Waals surface area contributed by atoms with Gasteiger partial charge in [-0.3, -0.25) is 0 Å². The maximum atomic E-state index is 14.1. The van der Waals surface area contributed by atoms with E-state index >= 15 is 0 Å². The molecule has 6 heteroatoms. The first-order valence-corrected chi connectivity index (χ1v) is 6.82. The van der Waals surface area contributed by atoms with Gasteiger partial charge in [-0.05, 0) is 34.1 Å². The quantitative estimate of drug-likeness (QED) is 0.844. The Hall–Kier alpha value is -1.66. The number of ether oxygens (including phenoxy) is 2. The number of halogens is 3. The standard InChI is InChI=1S/C15H13BrF2O3/c1-20-11-5-3-4-8(15(11)21-2)14(19)12-10(17)7-6-9(16)13(12)18/h3-7,14,19H,1-2H3. The first kappa shape index (κ1) is 15.7. The highest BCUT2D eigenvalue weighted by Gasteiger charge is 2.25. The highest BCUT2D eigenvalue weighted by Crippen LogP contribution is 2.39. The summed E-state index contributed by atoms with van der Waals surface area (Å²) in [7, 11) is 2.83. The molecule has 1 N–H and O–H groups in total. The molecule has 21 heavy (non-hydrogen) atoms. The summed E-state index contributed by atoms with van der Waals surface area (Å²) >= 11 is 2.98. The second-order valence-corrected chi connectivity index (χ2v) is 5.10. The molecule has 0 aliphatic rings. The third-order valence-electron chi connectivity index (χ3n) is 3.08. The lowest BCUT2D eigenvalue weighted by Gasteiger charge is -2.18. The summed E-state index contributed by atoms with van der Waals surface area (Å²) in [5.74, 6) is -1.10. The highest BCUT2D eigenvalue weighted by molar-refractivity contribution is 9.10. The van der Waals surface area contributed by atoms with Crippen molar-refractivity contribution in [1.82, 2.24) is 0 Å². The molecule has 0 saturated carbocycles. The largest absolute Gasteiger partial charge is 0.493 e. The number of benzene rings is 2. The van der Waals surface area contributed by atoms with Gasteiger partial charge in [0.05, 0.1) is 24.3 Å². The minimum absolute atomic E-state index is 0.0693. The van der Waals surface area contributed by atoms with Crippen molar-refractivity contribution >= 4 is 15.9 Å². The molecule has 0 spiro atoms. The van der Waals surface area contributed by atoms with Crippen LogP contribution in [0.1, 0.15) is 17.2 Å². The first-order chi connectivity index (χ1) is 10.0. The first-order valence-electron chi connectivity index (χ1n) is 6.03. The number of aliphatic hydroxyl groups is 1. The molecule has 0 radical (unpaired) electrons. The predicted octanol–water partition coefficient (Wildman–Crippen LogP) is 3.83. The molecule has 0 heterocycles. The molecule has 1 atom stereocenters. The van der Waals surface area contributed by atoms with Crippen molar-refractivity contribution < 1.29 is 23.4 Å². The Balaban J connectivity index is 2.61. The van der Waals surface area contributed by atoms with Gasteiger partial charge in [0, 0.05) is 5.56 Å². The lowest BCUT2D eigenvalue weighted by atomic mass is 9.99. The topological polar surface area (TPSA) is 38.7 Å². The Morgan fingerprint density at radius 3 is 2.43 bits per heavy atom. The number of para-hydroxylation sites is 1. The van der Waals surface area contributed by atoms with E-state index in [1.54, 1.807) is 12.1 Å². The van der Waals surface area contributed by atoms with E-state index < -0.39 is 23.3 Å². The number of hydrogen-bond donors (Lipinski definition) is 1. The van der Waals surface area contributed by atoms with Crippen molar-refractivity contribution in [2.24, 2.45) is 0 Å². The van der Waals surface area contributed by atoms with E-state index in [-0.39, 0.29) is 15.8 Å². The lowest BCUT2D eigenvalue weighted by Crippen LogP contribution is -2.08. The van der Waals surface area contributed by atoms with Crippen LogP contribution in [0.4, 0.5) is 8.78 Å². The van der Waals surface area contributed by atoms with Gasteiger partial charge in [0.25, 0.3) is 0 Å². The zero-order chi connectivity index (χ0) is 15.6. The summed E-state index contributed by atoms with van der Waals surface area (Å²) in [6.07, 6.45) is -1.52. The summed E-state index contributed by atoms with van der Waals surface area (Å²) in [5.41, 5.74) is -0.233. The second-order valence-electron chi connectivity index (χ2n) is 4.24. The van der Waals surface area contributed by atoms with Gasteiger partial charge < -0.3 is 14.6 Å². The molecule has 0 aliphatic carbocycles. The Morgan fingerprint density at radius 2 is 1.81 bits per heavy atom. The van der Waals surface area contributed by atoms with Crippen LogP contribution in [0.2, 0.25) is 0 Å². The third kappa shape index (κ3) is 2.87. The average molecular weight is 359 g/mol. The fourth-order valence-electron chi connectivity index (χ4n) is 2.08. The molecule has 0 bridgehead atoms. The third-order valence-corrected chi connectivity index (χ3v) is 3.69. The van der Waals surface area contributed by atoms with Crippen molar-refractivity contribution in [2.45, 2.75) is 6.10 Å². The fraction of sp³-hybridized carbons (Fsp3) is 0.200. The van der Waals surface area contributed by atoms with E-state index in [2.05, 4.69) is 15.9 Å². The SMILES string of the molecule is COc1cccc(C(O)c2c(F)ccc(Br)c2F)c1OC. The van der Waals surface area contributed by atoms with Crippen LogP contribution in [-0.2, 0) is 0 Å². The van der Waals surface area contributed by atoms with E-state index in [1.807, 2.05) is 0 Å². The number of aliphatic hydroxyl groups excluding tert-OH is 1. The van der Waals surface area contributed by atoms with Crippen molar-refractivity contribution in [2.75, 3.05) is 14.2 Å². The molecule has 2 aromatic rings. The van der Waals surface area contributed by atoms with E-state index in [1.165, 1.54) is 26.4 Å². The molecule has 0 aromatic heterocycles. The Bertz CT molecular complexity index is 662. The van der Waals surface area contributed by atoms with E-state index in [9.17, 15) is 13.9 Å². The molecular formula is C15H13BrF2O3. The summed E-state index contributed by atoms with van der Waals surface area (Å²) in [4.78, 5) is 0. The molecule has 2 rings (SSSR count). The van der Waals surface area contributed by atoms with Gasteiger partial charge in [-0.1, -0.05) is 12.1 Å². The van der Waals surface area contributed by atoms with Gasteiger partial charge in [0.1, 0.15) is 17.7 Å². The van der Waals surface area contributed by atoms with E-state index in [0.29, 0.717) is 5.75 Å². The fourth-order valence-corrected chi connectivity index (χ4v) is 2.42. The molecule has 0 saturated heterocycles. The monoisotopic (exact) mass is 358 g/mol. The lowest BCUT2D eigenvalue weighted by molar-refractivity contribution is 0.202. The zero-order valence-electron chi connectivity index (χ0n) is 11.4. The maximum Gasteiger partial charge on any atom is 0.166 e. The second kappa shape index (κ2) is 6.41. The average Bonchev–Trinajstić information content (AvgIpc) is 2.50. The van der Waals surface area contributed by atoms with Gasteiger partial charge in [0.2, 0.25) is 0 Å². The molecule has 112 valence electrons. The van der Waals surface area contributed by atoms with Crippen molar-refractivity contribution in [3.63, 3.8) is 0 Å². The summed E-state index contributed by atoms with van der Waals surface area (Å²) in [5, 5.41) is 10.4. The van der Waals surface area contributed by atoms with Gasteiger partial charge in [-0.25, -0.2) is 8.78 Å². The molecular weight excluding hydrogens is 346 g/mol. The Kier molecular flexibility index (Phi) is 4.80. The molecule has 0 aliphatic heterocycles. The van der Waals surface area contributed by atoms with Crippen molar-refractivity contribution in [1.29, 1.82) is 0 Å². The predicted molar refractivity (Wildman–Crippen MR) is 77.7 cm³/mol. The maximum absolute atomic E-state index is 14.1. The summed E-state index contributed by atoms with van der Waals surface area (Å²) in [6, 6.07) is 7.07. The molecule has 1 unspecified atom stereocenters. The zero-order valence-corrected chi connectivity index (χ0v) is 12.9. The van der Waals surface area contributed by atoms with Crippen LogP contribution in [0.5, 0.6) is 11.5 Å². The van der Waals surface area contributed by atoms with Crippen LogP contribution >= 0.6 is 15.9 Å². The Morgan fingerprint density at radius 1 is 1.10 bits per heavy atom. The number of hydrogen-bond acceptors (Lipinski definition) is 3. The normalized spacial score (nSPS) is 12.1. The van der Waals surface area contributed by atoms with Gasteiger partial charge >= 0.3 is 0 Å². The Labute approximate surface area is 129 Å². The molecule has 3 nitrogen and oxygen atoms in total. The van der Waals surface area contributed by atoms with Gasteiger partial charge in [-0.15, -0.1) is 0 Å². The number of methoxy groups -OCH3 is 2. The van der Waals surface area contributed by atoms with E-state index in [4.69, 9.17) is 9.47 Å². The van der Waals surface area contributed by atoms with Crippen molar-refractivity contribution in [3.05, 3.63) is 57.6 Å². The number of rotatable bonds is 4. The van der Waals surface area contributed by atoms with Gasteiger partial charge in [-0.2, -0.15) is 0 Å². The minimum Gasteiger partial charge on any atom is -0.493 e. The van der Waals surface area contributed by atoms with Gasteiger partial charge in [0.15, 0.2) is 11.5 Å². The molecule has 0 fully saturated rings. The van der Waals surface area contributed by atoms with Crippen LogP contribution in [0.15, 0.2) is 34.8 Å². The van der Waals surface area contributed by atoms with Crippen LogP contribution in [0, 0.1) is 11.6 Å². The summed E-state index contributed by atoms with van der Waals surface area (Å²) < 4.78 is 38.4. The smallest absolute Gasteiger partial charge is 0.166 e. The molecule has 0 amide bonds. The van der Waals surface area contributed by atoms with Crippen LogP contribution in [0.3, 0.4) is 0 Å². The minimum atomic E-state index is -1.52. The molecule has 2 aromatic carbocycles.